The van der Waals surface area contributed by atoms with Crippen molar-refractivity contribution >= 4 is 21.6 Å². The summed E-state index contributed by atoms with van der Waals surface area (Å²) in [6, 6.07) is 6.68. The van der Waals surface area contributed by atoms with Gasteiger partial charge >= 0.3 is 11.7 Å². The van der Waals surface area contributed by atoms with Gasteiger partial charge in [0, 0.05) is 26.8 Å². The molecule has 0 saturated carbocycles. The maximum absolute atomic E-state index is 13.2. The first-order valence-corrected chi connectivity index (χ1v) is 10.2. The van der Waals surface area contributed by atoms with Crippen LogP contribution in [0, 0.1) is 0 Å². The van der Waals surface area contributed by atoms with Crippen molar-refractivity contribution < 1.29 is 17.9 Å². The summed E-state index contributed by atoms with van der Waals surface area (Å²) in [7, 11) is 0.0167. The Kier molecular flexibility index (Phi) is 5.58. The van der Waals surface area contributed by atoms with E-state index in [1.54, 1.807) is 24.3 Å². The van der Waals surface area contributed by atoms with Gasteiger partial charge in [-0.25, -0.2) is 13.2 Å². The van der Waals surface area contributed by atoms with Crippen molar-refractivity contribution in [3.05, 3.63) is 69.0 Å². The van der Waals surface area contributed by atoms with Crippen molar-refractivity contribution in [3.8, 4) is 0 Å². The number of nitrogens with zero attached hydrogens (tertiary/aromatic N) is 3. The number of methoxy groups -OCH3 is 1. The first-order valence-electron chi connectivity index (χ1n) is 8.79. The maximum atomic E-state index is 13.2. The number of carbonyl (C=O) groups is 1. The number of hydrogen-bond donors (Lipinski definition) is 0. The molecule has 0 bridgehead atoms. The number of benzene rings is 1. The first kappa shape index (κ1) is 20.7. The Morgan fingerprint density at radius 2 is 1.79 bits per heavy atom. The quantitative estimate of drug-likeness (QED) is 0.651. The minimum absolute atomic E-state index is 0.0310. The van der Waals surface area contributed by atoms with Crippen LogP contribution in [-0.2, 0) is 33.7 Å². The SMILES string of the molecule is COC(=O)C1CC=C(c2cn(C)c(=O)n(C)c2=O)CN1S(=O)(=O)c1ccccc1. The average molecular weight is 419 g/mol. The minimum Gasteiger partial charge on any atom is -0.468 e. The Morgan fingerprint density at radius 1 is 1.14 bits per heavy atom. The number of hydrogen-bond acceptors (Lipinski definition) is 6. The predicted octanol–water partition coefficient (Wildman–Crippen LogP) is 0.104. The molecule has 0 radical (unpaired) electrons. The molecule has 1 aromatic heterocycles. The Labute approximate surface area is 167 Å². The van der Waals surface area contributed by atoms with E-state index in [1.807, 2.05) is 0 Å². The standard InChI is InChI=1S/C19H21N3O6S/c1-20-12-15(17(23)21(2)19(20)25)13-9-10-16(18(24)28-3)22(11-13)29(26,27)14-7-5-4-6-8-14/h4-9,12,16H,10-11H2,1-3H3. The lowest BCUT2D eigenvalue weighted by molar-refractivity contribution is -0.145. The third-order valence-corrected chi connectivity index (χ3v) is 6.75. The third-order valence-electron chi connectivity index (χ3n) is 4.88. The lowest BCUT2D eigenvalue weighted by Gasteiger charge is -2.32. The van der Waals surface area contributed by atoms with Gasteiger partial charge in [0.05, 0.1) is 17.6 Å². The molecule has 0 saturated heterocycles. The second-order valence-corrected chi connectivity index (χ2v) is 8.56. The molecule has 0 N–H and O–H groups in total. The van der Waals surface area contributed by atoms with Crippen LogP contribution in [0.25, 0.3) is 5.57 Å². The summed E-state index contributed by atoms with van der Waals surface area (Å²) in [6.07, 6.45) is 3.06. The molecule has 1 aliphatic heterocycles. The number of rotatable bonds is 4. The second kappa shape index (κ2) is 7.80. The van der Waals surface area contributed by atoms with Crippen molar-refractivity contribution in [3.63, 3.8) is 0 Å². The van der Waals surface area contributed by atoms with Crippen LogP contribution in [0.15, 0.2) is 57.1 Å². The van der Waals surface area contributed by atoms with Gasteiger partial charge in [0.15, 0.2) is 0 Å². The van der Waals surface area contributed by atoms with Gasteiger partial charge in [-0.15, -0.1) is 0 Å². The molecule has 10 heteroatoms. The fourth-order valence-corrected chi connectivity index (χ4v) is 4.86. The summed E-state index contributed by atoms with van der Waals surface area (Å²) < 4.78 is 34.5. The van der Waals surface area contributed by atoms with E-state index in [9.17, 15) is 22.8 Å². The van der Waals surface area contributed by atoms with Crippen LogP contribution in [0.5, 0.6) is 0 Å². The molecular weight excluding hydrogens is 398 g/mol. The molecule has 1 aromatic carbocycles. The molecule has 0 fully saturated rings. The van der Waals surface area contributed by atoms with Crippen LogP contribution in [-0.4, -0.2) is 47.5 Å². The Balaban J connectivity index is 2.12. The molecule has 0 amide bonds. The molecule has 0 aliphatic carbocycles. The van der Waals surface area contributed by atoms with E-state index in [-0.39, 0.29) is 23.4 Å². The van der Waals surface area contributed by atoms with Crippen LogP contribution < -0.4 is 11.2 Å². The van der Waals surface area contributed by atoms with Crippen molar-refractivity contribution in [1.29, 1.82) is 0 Å². The Morgan fingerprint density at radius 3 is 2.41 bits per heavy atom. The highest BCUT2D eigenvalue weighted by atomic mass is 32.2. The number of aromatic nitrogens is 2. The lowest BCUT2D eigenvalue weighted by Crippen LogP contribution is -2.48. The molecule has 1 aliphatic rings. The van der Waals surface area contributed by atoms with Gasteiger partial charge < -0.3 is 9.30 Å². The zero-order valence-corrected chi connectivity index (χ0v) is 17.0. The first-order chi connectivity index (χ1) is 13.7. The topological polar surface area (TPSA) is 108 Å². The highest BCUT2D eigenvalue weighted by Crippen LogP contribution is 2.28. The van der Waals surface area contributed by atoms with Gasteiger partial charge in [0.1, 0.15) is 6.04 Å². The molecule has 1 atom stereocenters. The van der Waals surface area contributed by atoms with Gasteiger partial charge in [-0.2, -0.15) is 4.31 Å². The van der Waals surface area contributed by atoms with Crippen molar-refractivity contribution in [1.82, 2.24) is 13.4 Å². The van der Waals surface area contributed by atoms with E-state index in [1.165, 1.54) is 44.1 Å². The van der Waals surface area contributed by atoms with E-state index in [4.69, 9.17) is 4.74 Å². The molecule has 29 heavy (non-hydrogen) atoms. The highest BCUT2D eigenvalue weighted by molar-refractivity contribution is 7.89. The van der Waals surface area contributed by atoms with E-state index < -0.39 is 33.3 Å². The average Bonchev–Trinajstić information content (AvgIpc) is 2.74. The van der Waals surface area contributed by atoms with E-state index >= 15 is 0 Å². The zero-order valence-electron chi connectivity index (χ0n) is 16.2. The molecule has 1 unspecified atom stereocenters. The largest absolute Gasteiger partial charge is 0.468 e. The van der Waals surface area contributed by atoms with Crippen molar-refractivity contribution in [2.75, 3.05) is 13.7 Å². The lowest BCUT2D eigenvalue weighted by atomic mass is 10.0. The molecule has 0 spiro atoms. The van der Waals surface area contributed by atoms with Crippen LogP contribution in [0.4, 0.5) is 0 Å². The van der Waals surface area contributed by atoms with Crippen LogP contribution in [0.2, 0.25) is 0 Å². The number of sulfonamides is 1. The smallest absolute Gasteiger partial charge is 0.330 e. The van der Waals surface area contributed by atoms with Crippen LogP contribution >= 0.6 is 0 Å². The summed E-state index contributed by atoms with van der Waals surface area (Å²) in [5.74, 6) is -0.687. The van der Waals surface area contributed by atoms with Gasteiger partial charge in [0.25, 0.3) is 5.56 Å². The molecule has 154 valence electrons. The Hall–Kier alpha value is -2.98. The molecular formula is C19H21N3O6S. The maximum Gasteiger partial charge on any atom is 0.330 e. The Bertz CT molecular complexity index is 1190. The number of aryl methyl sites for hydroxylation is 1. The third kappa shape index (κ3) is 3.68. The summed E-state index contributed by atoms with van der Waals surface area (Å²) in [4.78, 5) is 36.8. The van der Waals surface area contributed by atoms with Crippen molar-refractivity contribution in [2.24, 2.45) is 14.1 Å². The summed E-state index contributed by atoms with van der Waals surface area (Å²) >= 11 is 0. The molecule has 2 aromatic rings. The van der Waals surface area contributed by atoms with Crippen LogP contribution in [0.3, 0.4) is 0 Å². The number of ether oxygens (including phenoxy) is 1. The van der Waals surface area contributed by atoms with Gasteiger partial charge in [-0.1, -0.05) is 24.3 Å². The predicted molar refractivity (Wildman–Crippen MR) is 106 cm³/mol. The van der Waals surface area contributed by atoms with E-state index in [0.29, 0.717) is 5.57 Å². The fraction of sp³-hybridized carbons (Fsp3) is 0.316. The molecule has 2 heterocycles. The normalized spacial score (nSPS) is 17.6. The number of carbonyl (C=O) groups excluding carboxylic acids is 1. The van der Waals surface area contributed by atoms with E-state index in [2.05, 4.69) is 0 Å². The summed E-state index contributed by atoms with van der Waals surface area (Å²) in [5, 5.41) is 0. The monoisotopic (exact) mass is 419 g/mol. The fourth-order valence-electron chi connectivity index (χ4n) is 3.27. The van der Waals surface area contributed by atoms with Gasteiger partial charge in [-0.3, -0.25) is 14.2 Å². The summed E-state index contributed by atoms with van der Waals surface area (Å²) in [6.45, 7) is -0.204. The zero-order chi connectivity index (χ0) is 21.3. The highest BCUT2D eigenvalue weighted by Gasteiger charge is 2.39. The van der Waals surface area contributed by atoms with Crippen molar-refractivity contribution in [2.45, 2.75) is 17.4 Å². The van der Waals surface area contributed by atoms with Crippen LogP contribution in [0.1, 0.15) is 12.0 Å². The molecule has 3 rings (SSSR count). The summed E-state index contributed by atoms with van der Waals surface area (Å²) in [5.41, 5.74) is -0.406. The second-order valence-electron chi connectivity index (χ2n) is 6.67. The number of esters is 1. The van der Waals surface area contributed by atoms with E-state index in [0.717, 1.165) is 8.87 Å². The molecule has 9 nitrogen and oxygen atoms in total. The minimum atomic E-state index is -4.03. The van der Waals surface area contributed by atoms with Gasteiger partial charge in [0.2, 0.25) is 10.0 Å². The van der Waals surface area contributed by atoms with Gasteiger partial charge in [-0.05, 0) is 24.1 Å².